The number of hydrogen-bond donors (Lipinski definition) is 1. The first kappa shape index (κ1) is 14.1. The molecule has 0 fully saturated rings. The summed E-state index contributed by atoms with van der Waals surface area (Å²) >= 11 is 0. The minimum Gasteiger partial charge on any atom is -0.495 e. The van der Waals surface area contributed by atoms with Crippen LogP contribution in [0.25, 0.3) is 0 Å². The second-order valence-corrected chi connectivity index (χ2v) is 4.49. The highest BCUT2D eigenvalue weighted by Gasteiger charge is 2.13. The molecule has 20 heavy (non-hydrogen) atoms. The average Bonchev–Trinajstić information content (AvgIpc) is 2.41. The lowest BCUT2D eigenvalue weighted by atomic mass is 10.1. The van der Waals surface area contributed by atoms with Gasteiger partial charge < -0.3 is 15.4 Å². The van der Waals surface area contributed by atoms with Gasteiger partial charge in [-0.15, -0.1) is 0 Å². The second-order valence-electron chi connectivity index (χ2n) is 4.49. The van der Waals surface area contributed by atoms with Crippen molar-refractivity contribution in [3.05, 3.63) is 53.6 Å². The van der Waals surface area contributed by atoms with Gasteiger partial charge in [0, 0.05) is 31.3 Å². The number of ether oxygens (including phenoxy) is 1. The molecule has 0 aromatic heterocycles. The summed E-state index contributed by atoms with van der Waals surface area (Å²) in [6.45, 7) is 0.247. The van der Waals surface area contributed by atoms with E-state index in [1.165, 1.54) is 25.3 Å². The largest absolute Gasteiger partial charge is 0.495 e. The van der Waals surface area contributed by atoms with Gasteiger partial charge in [0.2, 0.25) is 0 Å². The fourth-order valence-electron chi connectivity index (χ4n) is 1.99. The molecule has 106 valence electrons. The molecule has 0 amide bonds. The SMILES string of the molecule is COc1cc(N(C)Cc2ccccc2F)c(F)cc1N. The van der Waals surface area contributed by atoms with Crippen LogP contribution in [0.15, 0.2) is 36.4 Å². The lowest BCUT2D eigenvalue weighted by Gasteiger charge is -2.21. The van der Waals surface area contributed by atoms with Crippen LogP contribution in [0.3, 0.4) is 0 Å². The van der Waals surface area contributed by atoms with Crippen LogP contribution in [-0.2, 0) is 6.54 Å². The number of nitrogen functional groups attached to an aromatic ring is 1. The zero-order valence-corrected chi connectivity index (χ0v) is 11.4. The van der Waals surface area contributed by atoms with Gasteiger partial charge in [0.1, 0.15) is 17.4 Å². The maximum absolute atomic E-state index is 13.9. The van der Waals surface area contributed by atoms with E-state index in [2.05, 4.69) is 0 Å². The minimum atomic E-state index is -0.470. The topological polar surface area (TPSA) is 38.5 Å². The van der Waals surface area contributed by atoms with Crippen LogP contribution in [-0.4, -0.2) is 14.2 Å². The maximum Gasteiger partial charge on any atom is 0.148 e. The summed E-state index contributed by atoms with van der Waals surface area (Å²) in [6.07, 6.45) is 0. The number of hydrogen-bond acceptors (Lipinski definition) is 3. The Hall–Kier alpha value is -2.30. The van der Waals surface area contributed by atoms with E-state index in [1.807, 2.05) is 0 Å². The van der Waals surface area contributed by atoms with Crippen LogP contribution < -0.4 is 15.4 Å². The van der Waals surface area contributed by atoms with Gasteiger partial charge in [-0.1, -0.05) is 18.2 Å². The van der Waals surface area contributed by atoms with Crippen molar-refractivity contribution in [2.24, 2.45) is 0 Å². The van der Waals surface area contributed by atoms with Crippen molar-refractivity contribution in [3.8, 4) is 5.75 Å². The van der Waals surface area contributed by atoms with Crippen LogP contribution in [0, 0.1) is 11.6 Å². The lowest BCUT2D eigenvalue weighted by Crippen LogP contribution is -2.18. The van der Waals surface area contributed by atoms with Crippen molar-refractivity contribution < 1.29 is 13.5 Å². The van der Waals surface area contributed by atoms with Crippen LogP contribution >= 0.6 is 0 Å². The summed E-state index contributed by atoms with van der Waals surface area (Å²) in [5, 5.41) is 0. The van der Waals surface area contributed by atoms with Crippen molar-refractivity contribution in [2.45, 2.75) is 6.54 Å². The van der Waals surface area contributed by atoms with Gasteiger partial charge in [-0.3, -0.25) is 0 Å². The maximum atomic E-state index is 13.9. The Labute approximate surface area is 116 Å². The summed E-state index contributed by atoms with van der Waals surface area (Å²) in [5.41, 5.74) is 6.66. The van der Waals surface area contributed by atoms with Gasteiger partial charge in [0.25, 0.3) is 0 Å². The smallest absolute Gasteiger partial charge is 0.148 e. The lowest BCUT2D eigenvalue weighted by molar-refractivity contribution is 0.416. The Morgan fingerprint density at radius 2 is 1.85 bits per heavy atom. The van der Waals surface area contributed by atoms with E-state index < -0.39 is 5.82 Å². The van der Waals surface area contributed by atoms with Crippen LogP contribution in [0.1, 0.15) is 5.56 Å². The van der Waals surface area contributed by atoms with E-state index in [4.69, 9.17) is 10.5 Å². The van der Waals surface area contributed by atoms with Crippen molar-refractivity contribution in [3.63, 3.8) is 0 Å². The molecule has 5 heteroatoms. The van der Waals surface area contributed by atoms with E-state index in [0.717, 1.165) is 0 Å². The van der Waals surface area contributed by atoms with Gasteiger partial charge in [-0.25, -0.2) is 8.78 Å². The molecule has 2 N–H and O–H groups in total. The van der Waals surface area contributed by atoms with Gasteiger partial charge in [0.05, 0.1) is 18.5 Å². The molecular weight excluding hydrogens is 262 g/mol. The van der Waals surface area contributed by atoms with Gasteiger partial charge >= 0.3 is 0 Å². The number of rotatable bonds is 4. The van der Waals surface area contributed by atoms with Crippen LogP contribution in [0.5, 0.6) is 5.75 Å². The molecule has 0 aliphatic carbocycles. The van der Waals surface area contributed by atoms with Crippen molar-refractivity contribution in [1.82, 2.24) is 0 Å². The van der Waals surface area contributed by atoms with Crippen molar-refractivity contribution in [1.29, 1.82) is 0 Å². The predicted molar refractivity (Wildman–Crippen MR) is 75.9 cm³/mol. The number of anilines is 2. The normalized spacial score (nSPS) is 10.4. The third-order valence-electron chi connectivity index (χ3n) is 3.08. The Morgan fingerprint density at radius 3 is 2.50 bits per heavy atom. The minimum absolute atomic E-state index is 0.230. The fraction of sp³-hybridized carbons (Fsp3) is 0.200. The third-order valence-corrected chi connectivity index (χ3v) is 3.08. The van der Waals surface area contributed by atoms with E-state index in [0.29, 0.717) is 17.0 Å². The fourth-order valence-corrected chi connectivity index (χ4v) is 1.99. The zero-order chi connectivity index (χ0) is 14.7. The van der Waals surface area contributed by atoms with Gasteiger partial charge in [0.15, 0.2) is 0 Å². The monoisotopic (exact) mass is 278 g/mol. The highest BCUT2D eigenvalue weighted by Crippen LogP contribution is 2.30. The highest BCUT2D eigenvalue weighted by molar-refractivity contribution is 5.63. The number of nitrogens with two attached hydrogens (primary N) is 1. The summed E-state index contributed by atoms with van der Waals surface area (Å²) in [6, 6.07) is 9.11. The van der Waals surface area contributed by atoms with Crippen molar-refractivity contribution >= 4 is 11.4 Å². The molecule has 0 aliphatic rings. The van der Waals surface area contributed by atoms with E-state index in [1.54, 1.807) is 30.1 Å². The third kappa shape index (κ3) is 2.82. The number of benzene rings is 2. The molecule has 0 saturated heterocycles. The molecular formula is C15H16F2N2O. The molecule has 3 nitrogen and oxygen atoms in total. The Bertz CT molecular complexity index is 617. The number of methoxy groups -OCH3 is 1. The first-order chi connectivity index (χ1) is 9.52. The first-order valence-corrected chi connectivity index (χ1v) is 6.10. The molecule has 0 heterocycles. The predicted octanol–water partition coefficient (Wildman–Crippen LogP) is 3.19. The Balaban J connectivity index is 2.30. The molecule has 0 aliphatic heterocycles. The summed E-state index contributed by atoms with van der Waals surface area (Å²) in [5.74, 6) is -0.397. The van der Waals surface area contributed by atoms with Crippen LogP contribution in [0.4, 0.5) is 20.2 Å². The van der Waals surface area contributed by atoms with Crippen LogP contribution in [0.2, 0.25) is 0 Å². The molecule has 0 spiro atoms. The van der Waals surface area contributed by atoms with Gasteiger partial charge in [-0.2, -0.15) is 0 Å². The highest BCUT2D eigenvalue weighted by atomic mass is 19.1. The van der Waals surface area contributed by atoms with E-state index in [-0.39, 0.29) is 18.0 Å². The summed E-state index contributed by atoms with van der Waals surface area (Å²) < 4.78 is 32.6. The Morgan fingerprint density at radius 1 is 1.15 bits per heavy atom. The molecule has 0 atom stereocenters. The van der Waals surface area contributed by atoms with E-state index in [9.17, 15) is 8.78 Å². The quantitative estimate of drug-likeness (QED) is 0.873. The molecule has 0 saturated carbocycles. The second kappa shape index (κ2) is 5.77. The number of nitrogens with zero attached hydrogens (tertiary/aromatic N) is 1. The first-order valence-electron chi connectivity index (χ1n) is 6.10. The standard InChI is InChI=1S/C15H16F2N2O/c1-19(9-10-5-3-4-6-11(10)16)14-8-15(20-2)13(18)7-12(14)17/h3-8H,9,18H2,1-2H3. The van der Waals surface area contributed by atoms with Crippen molar-refractivity contribution in [2.75, 3.05) is 24.8 Å². The molecule has 2 rings (SSSR count). The number of halogens is 2. The molecule has 0 unspecified atom stereocenters. The zero-order valence-electron chi connectivity index (χ0n) is 11.4. The Kier molecular flexibility index (Phi) is 4.08. The van der Waals surface area contributed by atoms with Gasteiger partial charge in [-0.05, 0) is 6.07 Å². The summed E-state index contributed by atoms with van der Waals surface area (Å²) in [4.78, 5) is 1.61. The molecule has 0 bridgehead atoms. The average molecular weight is 278 g/mol. The van der Waals surface area contributed by atoms with E-state index >= 15 is 0 Å². The summed E-state index contributed by atoms with van der Waals surface area (Å²) in [7, 11) is 3.14. The molecule has 0 radical (unpaired) electrons. The molecule has 2 aromatic rings. The molecule has 2 aromatic carbocycles.